The molecule has 0 unspecified atom stereocenters. The van der Waals surface area contributed by atoms with Crippen LogP contribution in [0, 0.1) is 0 Å². The summed E-state index contributed by atoms with van der Waals surface area (Å²) in [5.41, 5.74) is 7.23. The molecule has 0 amide bonds. The van der Waals surface area contributed by atoms with Crippen molar-refractivity contribution in [1.82, 2.24) is 4.98 Å². The Hall–Kier alpha value is -1.07. The molecule has 5 heteroatoms. The molecule has 0 bridgehead atoms. The summed E-state index contributed by atoms with van der Waals surface area (Å²) in [6.45, 7) is 12.4. The van der Waals surface area contributed by atoms with E-state index < -0.39 is 0 Å². The van der Waals surface area contributed by atoms with E-state index in [9.17, 15) is 0 Å². The Morgan fingerprint density at radius 3 is 2.16 bits per heavy atom. The molecule has 0 aromatic carbocycles. The zero-order valence-corrected chi connectivity index (χ0v) is 12.7. The standard InChI is InChI=1S/C14H23BN2O2/c1-9(2)10-8-17-12(16)7-11(10)15-18-13(3,4)14(5,6)19-15/h7-9H,1-6H3,(H2,16,17). The maximum absolute atomic E-state index is 6.09. The minimum absolute atomic E-state index is 0.343. The summed E-state index contributed by atoms with van der Waals surface area (Å²) >= 11 is 0. The number of nitrogen functional groups attached to an aromatic ring is 1. The molecule has 1 aliphatic heterocycles. The van der Waals surface area contributed by atoms with E-state index in [-0.39, 0.29) is 18.3 Å². The number of anilines is 1. The van der Waals surface area contributed by atoms with Crippen LogP contribution in [0.5, 0.6) is 0 Å². The molecule has 1 aliphatic rings. The van der Waals surface area contributed by atoms with Gasteiger partial charge in [0.25, 0.3) is 0 Å². The van der Waals surface area contributed by atoms with Crippen LogP contribution in [0.2, 0.25) is 0 Å². The molecular formula is C14H23BN2O2. The van der Waals surface area contributed by atoms with Crippen molar-refractivity contribution in [2.24, 2.45) is 0 Å². The predicted octanol–water partition coefficient (Wildman–Crippen LogP) is 2.09. The summed E-state index contributed by atoms with van der Waals surface area (Å²) < 4.78 is 12.2. The number of pyridine rings is 1. The van der Waals surface area contributed by atoms with Crippen molar-refractivity contribution in [1.29, 1.82) is 0 Å². The number of aromatic nitrogens is 1. The fourth-order valence-corrected chi connectivity index (χ4v) is 2.16. The van der Waals surface area contributed by atoms with Crippen molar-refractivity contribution < 1.29 is 9.31 Å². The molecule has 1 saturated heterocycles. The maximum Gasteiger partial charge on any atom is 0.495 e. The average Bonchev–Trinajstić information content (AvgIpc) is 2.47. The molecule has 1 aromatic heterocycles. The quantitative estimate of drug-likeness (QED) is 0.829. The highest BCUT2D eigenvalue weighted by Crippen LogP contribution is 2.37. The number of hydrogen-bond acceptors (Lipinski definition) is 4. The third-order valence-corrected chi connectivity index (χ3v) is 4.12. The minimum atomic E-state index is -0.382. The van der Waals surface area contributed by atoms with Crippen LogP contribution in [0.25, 0.3) is 0 Å². The van der Waals surface area contributed by atoms with Gasteiger partial charge in [-0.25, -0.2) is 4.98 Å². The number of hydrogen-bond donors (Lipinski definition) is 1. The first-order valence-electron chi connectivity index (χ1n) is 6.75. The van der Waals surface area contributed by atoms with E-state index in [2.05, 4.69) is 18.8 Å². The first kappa shape index (κ1) is 14.3. The van der Waals surface area contributed by atoms with E-state index in [1.807, 2.05) is 40.0 Å². The van der Waals surface area contributed by atoms with Gasteiger partial charge in [0.05, 0.1) is 11.2 Å². The molecule has 19 heavy (non-hydrogen) atoms. The normalized spacial score (nSPS) is 21.1. The van der Waals surface area contributed by atoms with E-state index >= 15 is 0 Å². The topological polar surface area (TPSA) is 57.4 Å². The van der Waals surface area contributed by atoms with E-state index in [0.29, 0.717) is 11.7 Å². The lowest BCUT2D eigenvalue weighted by molar-refractivity contribution is 0.00578. The third kappa shape index (κ3) is 2.49. The van der Waals surface area contributed by atoms with Crippen molar-refractivity contribution in [2.75, 3.05) is 5.73 Å². The first-order valence-corrected chi connectivity index (χ1v) is 6.75. The van der Waals surface area contributed by atoms with Crippen molar-refractivity contribution in [3.63, 3.8) is 0 Å². The van der Waals surface area contributed by atoms with Gasteiger partial charge in [-0.3, -0.25) is 0 Å². The summed E-state index contributed by atoms with van der Waals surface area (Å²) in [7, 11) is -0.382. The maximum atomic E-state index is 6.09. The van der Waals surface area contributed by atoms with Crippen molar-refractivity contribution in [3.05, 3.63) is 17.8 Å². The lowest BCUT2D eigenvalue weighted by atomic mass is 9.74. The van der Waals surface area contributed by atoms with Crippen LogP contribution in [-0.4, -0.2) is 23.3 Å². The second kappa shape index (κ2) is 4.49. The molecule has 1 aromatic rings. The molecular weight excluding hydrogens is 239 g/mol. The first-order chi connectivity index (χ1) is 8.64. The second-order valence-corrected chi connectivity index (χ2v) is 6.48. The van der Waals surface area contributed by atoms with Gasteiger partial charge in [-0.2, -0.15) is 0 Å². The Labute approximate surface area is 115 Å². The molecule has 2 heterocycles. The van der Waals surface area contributed by atoms with Gasteiger partial charge in [0, 0.05) is 6.20 Å². The zero-order valence-electron chi connectivity index (χ0n) is 12.7. The molecule has 0 saturated carbocycles. The highest BCUT2D eigenvalue weighted by molar-refractivity contribution is 6.62. The van der Waals surface area contributed by atoms with Gasteiger partial charge in [-0.15, -0.1) is 0 Å². The summed E-state index contributed by atoms with van der Waals surface area (Å²) in [6.07, 6.45) is 1.82. The molecule has 0 atom stereocenters. The molecule has 2 rings (SSSR count). The minimum Gasteiger partial charge on any atom is -0.399 e. The molecule has 1 fully saturated rings. The Bertz CT molecular complexity index is 470. The highest BCUT2D eigenvalue weighted by Gasteiger charge is 2.52. The van der Waals surface area contributed by atoms with E-state index in [1.54, 1.807) is 0 Å². The van der Waals surface area contributed by atoms with Crippen LogP contribution in [0.4, 0.5) is 5.82 Å². The lowest BCUT2D eigenvalue weighted by Gasteiger charge is -2.32. The van der Waals surface area contributed by atoms with Crippen LogP contribution >= 0.6 is 0 Å². The predicted molar refractivity (Wildman–Crippen MR) is 78.5 cm³/mol. The van der Waals surface area contributed by atoms with Gasteiger partial charge in [-0.05, 0) is 50.7 Å². The summed E-state index contributed by atoms with van der Waals surface area (Å²) in [4.78, 5) is 4.17. The van der Waals surface area contributed by atoms with Crippen molar-refractivity contribution in [3.8, 4) is 0 Å². The van der Waals surface area contributed by atoms with Gasteiger partial charge in [0.15, 0.2) is 0 Å². The molecule has 4 nitrogen and oxygen atoms in total. The van der Waals surface area contributed by atoms with Gasteiger partial charge >= 0.3 is 7.12 Å². The van der Waals surface area contributed by atoms with Gasteiger partial charge in [0.2, 0.25) is 0 Å². The van der Waals surface area contributed by atoms with E-state index in [0.717, 1.165) is 11.0 Å². The third-order valence-electron chi connectivity index (χ3n) is 4.12. The smallest absolute Gasteiger partial charge is 0.399 e. The largest absolute Gasteiger partial charge is 0.495 e. The Morgan fingerprint density at radius 2 is 1.68 bits per heavy atom. The van der Waals surface area contributed by atoms with Crippen LogP contribution in [0.15, 0.2) is 12.3 Å². The summed E-state index contributed by atoms with van der Waals surface area (Å²) in [5.74, 6) is 0.844. The monoisotopic (exact) mass is 262 g/mol. The SMILES string of the molecule is CC(C)c1cnc(N)cc1B1OC(C)(C)C(C)(C)O1. The lowest BCUT2D eigenvalue weighted by Crippen LogP contribution is -2.41. The summed E-state index contributed by atoms with van der Waals surface area (Å²) in [5, 5.41) is 0. The fraction of sp³-hybridized carbons (Fsp3) is 0.643. The van der Waals surface area contributed by atoms with E-state index in [1.165, 1.54) is 0 Å². The molecule has 104 valence electrons. The van der Waals surface area contributed by atoms with Crippen molar-refractivity contribution in [2.45, 2.75) is 58.7 Å². The van der Waals surface area contributed by atoms with Gasteiger partial charge in [-0.1, -0.05) is 13.8 Å². The Balaban J connectivity index is 2.41. The molecule has 0 aliphatic carbocycles. The molecule has 2 N–H and O–H groups in total. The average molecular weight is 262 g/mol. The number of nitrogens with zero attached hydrogens (tertiary/aromatic N) is 1. The van der Waals surface area contributed by atoms with Gasteiger partial charge < -0.3 is 15.0 Å². The Morgan fingerprint density at radius 1 is 1.16 bits per heavy atom. The van der Waals surface area contributed by atoms with Crippen LogP contribution < -0.4 is 11.2 Å². The molecule has 0 spiro atoms. The van der Waals surface area contributed by atoms with Gasteiger partial charge in [0.1, 0.15) is 5.82 Å². The van der Waals surface area contributed by atoms with Crippen LogP contribution in [0.1, 0.15) is 53.0 Å². The second-order valence-electron chi connectivity index (χ2n) is 6.48. The number of nitrogens with two attached hydrogens (primary N) is 1. The fourth-order valence-electron chi connectivity index (χ4n) is 2.16. The summed E-state index contributed by atoms with van der Waals surface area (Å²) in [6, 6.07) is 1.86. The zero-order chi connectivity index (χ0) is 14.4. The van der Waals surface area contributed by atoms with E-state index in [4.69, 9.17) is 15.0 Å². The molecule has 0 radical (unpaired) electrons. The Kier molecular flexibility index (Phi) is 3.39. The van der Waals surface area contributed by atoms with Crippen LogP contribution in [-0.2, 0) is 9.31 Å². The van der Waals surface area contributed by atoms with Crippen LogP contribution in [0.3, 0.4) is 0 Å². The number of rotatable bonds is 2. The highest BCUT2D eigenvalue weighted by atomic mass is 16.7. The van der Waals surface area contributed by atoms with Crippen molar-refractivity contribution >= 4 is 18.4 Å².